The SMILES string of the molecule is CNC1[C]CN(c2ccccn2)C(C(N)=O)C1. The maximum atomic E-state index is 11.5. The van der Waals surface area contributed by atoms with Gasteiger partial charge in [0.25, 0.3) is 0 Å². The summed E-state index contributed by atoms with van der Waals surface area (Å²) in [7, 11) is 1.85. The number of rotatable bonds is 3. The van der Waals surface area contributed by atoms with Crippen molar-refractivity contribution in [3.63, 3.8) is 0 Å². The van der Waals surface area contributed by atoms with Crippen LogP contribution in [0.3, 0.4) is 0 Å². The van der Waals surface area contributed by atoms with Crippen LogP contribution in [-0.4, -0.2) is 36.6 Å². The largest absolute Gasteiger partial charge is 0.368 e. The van der Waals surface area contributed by atoms with E-state index >= 15 is 0 Å². The van der Waals surface area contributed by atoms with Gasteiger partial charge in [-0.05, 0) is 25.6 Å². The van der Waals surface area contributed by atoms with E-state index in [2.05, 4.69) is 16.7 Å². The molecule has 1 aromatic rings. The van der Waals surface area contributed by atoms with Crippen LogP contribution in [0.4, 0.5) is 5.82 Å². The van der Waals surface area contributed by atoms with E-state index in [1.165, 1.54) is 0 Å². The monoisotopic (exact) mass is 232 g/mol. The van der Waals surface area contributed by atoms with E-state index in [0.29, 0.717) is 13.0 Å². The number of nitrogens with zero attached hydrogens (tertiary/aromatic N) is 2. The van der Waals surface area contributed by atoms with E-state index in [1.54, 1.807) is 6.20 Å². The number of piperidine rings is 1. The van der Waals surface area contributed by atoms with Gasteiger partial charge >= 0.3 is 0 Å². The van der Waals surface area contributed by atoms with Gasteiger partial charge < -0.3 is 16.0 Å². The molecule has 1 saturated heterocycles. The van der Waals surface area contributed by atoms with Gasteiger partial charge in [-0.15, -0.1) is 0 Å². The van der Waals surface area contributed by atoms with Gasteiger partial charge in [-0.25, -0.2) is 4.98 Å². The lowest BCUT2D eigenvalue weighted by Gasteiger charge is -2.37. The summed E-state index contributed by atoms with van der Waals surface area (Å²) in [6, 6.07) is 5.38. The smallest absolute Gasteiger partial charge is 0.240 e. The molecule has 0 bridgehead atoms. The number of hydrogen-bond acceptors (Lipinski definition) is 4. The fraction of sp³-hybridized carbons (Fsp3) is 0.417. The average Bonchev–Trinajstić information content (AvgIpc) is 2.39. The van der Waals surface area contributed by atoms with Crippen molar-refractivity contribution >= 4 is 11.7 Å². The maximum absolute atomic E-state index is 11.5. The minimum Gasteiger partial charge on any atom is -0.368 e. The van der Waals surface area contributed by atoms with Crippen molar-refractivity contribution < 1.29 is 4.79 Å². The van der Waals surface area contributed by atoms with Gasteiger partial charge in [0.15, 0.2) is 0 Å². The Morgan fingerprint density at radius 1 is 1.65 bits per heavy atom. The molecule has 2 radical (unpaired) electrons. The van der Waals surface area contributed by atoms with Crippen LogP contribution < -0.4 is 16.0 Å². The van der Waals surface area contributed by atoms with E-state index in [9.17, 15) is 4.79 Å². The van der Waals surface area contributed by atoms with Gasteiger partial charge in [0, 0.05) is 25.2 Å². The second kappa shape index (κ2) is 5.14. The number of hydrogen-bond donors (Lipinski definition) is 2. The summed E-state index contributed by atoms with van der Waals surface area (Å²) in [5.74, 6) is 0.441. The Balaban J connectivity index is 2.19. The minimum atomic E-state index is -0.330. The fourth-order valence-electron chi connectivity index (χ4n) is 2.01. The average molecular weight is 232 g/mol. The molecule has 1 aliphatic heterocycles. The number of nitrogens with two attached hydrogens (primary N) is 1. The second-order valence-electron chi connectivity index (χ2n) is 4.02. The van der Waals surface area contributed by atoms with Crippen molar-refractivity contribution in [2.75, 3.05) is 18.5 Å². The number of carbonyl (C=O) groups excluding carboxylic acids is 1. The highest BCUT2D eigenvalue weighted by atomic mass is 16.1. The molecule has 2 atom stereocenters. The van der Waals surface area contributed by atoms with Crippen LogP contribution in [0.2, 0.25) is 0 Å². The van der Waals surface area contributed by atoms with E-state index < -0.39 is 0 Å². The van der Waals surface area contributed by atoms with E-state index in [4.69, 9.17) is 5.73 Å². The molecule has 1 aromatic heterocycles. The summed E-state index contributed by atoms with van der Waals surface area (Å²) in [5.41, 5.74) is 5.45. The lowest BCUT2D eigenvalue weighted by Crippen LogP contribution is -2.54. The highest BCUT2D eigenvalue weighted by Gasteiger charge is 2.32. The number of primary amides is 1. The molecule has 1 aliphatic rings. The molecule has 5 nitrogen and oxygen atoms in total. The Labute approximate surface area is 101 Å². The zero-order chi connectivity index (χ0) is 12.3. The van der Waals surface area contributed by atoms with Crippen molar-refractivity contribution in [3.05, 3.63) is 30.8 Å². The second-order valence-corrected chi connectivity index (χ2v) is 4.02. The van der Waals surface area contributed by atoms with Crippen LogP contribution in [0.25, 0.3) is 0 Å². The zero-order valence-electron chi connectivity index (χ0n) is 9.76. The maximum Gasteiger partial charge on any atom is 0.240 e. The normalized spacial score (nSPS) is 24.6. The Kier molecular flexibility index (Phi) is 3.58. The highest BCUT2D eigenvalue weighted by Crippen LogP contribution is 2.22. The molecular formula is C12H16N4O. The van der Waals surface area contributed by atoms with Crippen molar-refractivity contribution in [2.45, 2.75) is 18.5 Å². The summed E-state index contributed by atoms with van der Waals surface area (Å²) in [6.07, 6.45) is 5.60. The zero-order valence-corrected chi connectivity index (χ0v) is 9.76. The third-order valence-electron chi connectivity index (χ3n) is 2.96. The first-order chi connectivity index (χ1) is 8.22. The number of amides is 1. The molecule has 2 heterocycles. The molecule has 2 rings (SSSR count). The number of aromatic nitrogens is 1. The first kappa shape index (κ1) is 11.9. The molecule has 3 N–H and O–H groups in total. The van der Waals surface area contributed by atoms with Crippen LogP contribution in [0.1, 0.15) is 6.42 Å². The molecule has 2 unspecified atom stereocenters. The molecular weight excluding hydrogens is 216 g/mol. The van der Waals surface area contributed by atoms with Gasteiger partial charge in [0.05, 0.1) is 0 Å². The van der Waals surface area contributed by atoms with Crippen LogP contribution in [-0.2, 0) is 4.79 Å². The molecule has 90 valence electrons. The Morgan fingerprint density at radius 3 is 3.06 bits per heavy atom. The summed E-state index contributed by atoms with van der Waals surface area (Å²) >= 11 is 0. The van der Waals surface area contributed by atoms with Crippen molar-refractivity contribution in [3.8, 4) is 0 Å². The summed E-state index contributed by atoms with van der Waals surface area (Å²) in [6.45, 7) is 0.552. The Morgan fingerprint density at radius 2 is 2.47 bits per heavy atom. The number of pyridine rings is 1. The summed E-state index contributed by atoms with van der Waals surface area (Å²) < 4.78 is 0. The number of nitrogens with one attached hydrogen (secondary N) is 1. The molecule has 1 amide bonds. The summed E-state index contributed by atoms with van der Waals surface area (Å²) in [5, 5.41) is 3.09. The van der Waals surface area contributed by atoms with E-state index in [1.807, 2.05) is 30.1 Å². The highest BCUT2D eigenvalue weighted by molar-refractivity contribution is 5.83. The number of anilines is 1. The van der Waals surface area contributed by atoms with Crippen molar-refractivity contribution in [1.82, 2.24) is 10.3 Å². The van der Waals surface area contributed by atoms with Crippen LogP contribution in [0.5, 0.6) is 0 Å². The standard InChI is InChI=1S/C12H16N4O/c1-14-9-5-7-16(10(8-9)12(13)17)11-4-2-3-6-15-11/h2-4,6,9-10,14H,7-8H2,1H3,(H2,13,17). The Bertz CT molecular complexity index is 381. The molecule has 5 heteroatoms. The fourth-order valence-corrected chi connectivity index (χ4v) is 2.01. The Hall–Kier alpha value is -1.62. The summed E-state index contributed by atoms with van der Waals surface area (Å²) in [4.78, 5) is 17.6. The van der Waals surface area contributed by atoms with Crippen molar-refractivity contribution in [1.29, 1.82) is 0 Å². The quantitative estimate of drug-likeness (QED) is 0.758. The molecule has 0 spiro atoms. The van der Waals surface area contributed by atoms with E-state index in [0.717, 1.165) is 5.82 Å². The van der Waals surface area contributed by atoms with Crippen LogP contribution >= 0.6 is 0 Å². The van der Waals surface area contributed by atoms with Gasteiger partial charge in [-0.2, -0.15) is 0 Å². The first-order valence-electron chi connectivity index (χ1n) is 5.60. The van der Waals surface area contributed by atoms with Gasteiger partial charge in [-0.3, -0.25) is 4.79 Å². The predicted octanol–water partition coefficient (Wildman–Crippen LogP) is -0.185. The van der Waals surface area contributed by atoms with Crippen LogP contribution in [0.15, 0.2) is 24.4 Å². The molecule has 0 saturated carbocycles. The topological polar surface area (TPSA) is 71.2 Å². The van der Waals surface area contributed by atoms with Gasteiger partial charge in [0.2, 0.25) is 5.91 Å². The van der Waals surface area contributed by atoms with Gasteiger partial charge in [0.1, 0.15) is 11.9 Å². The van der Waals surface area contributed by atoms with E-state index in [-0.39, 0.29) is 18.0 Å². The lowest BCUT2D eigenvalue weighted by molar-refractivity contribution is -0.119. The third kappa shape index (κ3) is 2.55. The van der Waals surface area contributed by atoms with Crippen molar-refractivity contribution in [2.24, 2.45) is 5.73 Å². The minimum absolute atomic E-state index is 0.104. The molecule has 0 aliphatic carbocycles. The lowest BCUT2D eigenvalue weighted by atomic mass is 9.96. The molecule has 0 aromatic carbocycles. The predicted molar refractivity (Wildman–Crippen MR) is 65.3 cm³/mol. The number of carbonyl (C=O) groups is 1. The first-order valence-corrected chi connectivity index (χ1v) is 5.60. The van der Waals surface area contributed by atoms with Gasteiger partial charge in [-0.1, -0.05) is 6.07 Å². The van der Waals surface area contributed by atoms with Crippen LogP contribution in [0, 0.1) is 6.42 Å². The third-order valence-corrected chi connectivity index (χ3v) is 2.96. The molecule has 17 heavy (non-hydrogen) atoms. The molecule has 1 fully saturated rings.